The van der Waals surface area contributed by atoms with E-state index in [0.717, 1.165) is 24.2 Å². The maximum atomic E-state index is 12.8. The Morgan fingerprint density at radius 2 is 1.85 bits per heavy atom. The van der Waals surface area contributed by atoms with Crippen LogP contribution in [-0.2, 0) is 17.5 Å². The fraction of sp³-hybridized carbons (Fsp3) is 0.478. The highest BCUT2D eigenvalue weighted by atomic mass is 19.4. The predicted molar refractivity (Wildman–Crippen MR) is 118 cm³/mol. The number of methoxy groups -OCH3 is 2. The van der Waals surface area contributed by atoms with Gasteiger partial charge in [-0.25, -0.2) is 4.98 Å². The van der Waals surface area contributed by atoms with Crippen LogP contribution in [0.1, 0.15) is 24.5 Å². The number of anilines is 1. The summed E-state index contributed by atoms with van der Waals surface area (Å²) in [5.41, 5.74) is 0.131. The molecule has 1 N–H and O–H groups in total. The first kappa shape index (κ1) is 24.6. The molecular weight excluding hydrogens is 437 g/mol. The van der Waals surface area contributed by atoms with E-state index in [1.54, 1.807) is 20.3 Å². The van der Waals surface area contributed by atoms with E-state index in [9.17, 15) is 18.0 Å². The van der Waals surface area contributed by atoms with Crippen molar-refractivity contribution >= 4 is 11.7 Å². The Balaban J connectivity index is 1.54. The molecule has 2 heterocycles. The van der Waals surface area contributed by atoms with E-state index in [1.807, 2.05) is 24.0 Å². The molecule has 0 bridgehead atoms. The van der Waals surface area contributed by atoms with Crippen LogP contribution in [0, 0.1) is 0 Å². The smallest absolute Gasteiger partial charge is 0.417 e. The first-order valence-electron chi connectivity index (χ1n) is 10.7. The van der Waals surface area contributed by atoms with Gasteiger partial charge in [-0.05, 0) is 43.2 Å². The molecule has 0 saturated carbocycles. The number of pyridine rings is 1. The Morgan fingerprint density at radius 3 is 2.48 bits per heavy atom. The molecule has 1 fully saturated rings. The molecule has 1 saturated heterocycles. The van der Waals surface area contributed by atoms with Crippen LogP contribution in [0.3, 0.4) is 0 Å². The SMILES string of the molecule is COc1ccc(CNC(=O)[C@H](C)N2CCCN(c3ccc(C(F)(F)F)cn3)CC2)cc1OC. The van der Waals surface area contributed by atoms with E-state index in [0.29, 0.717) is 50.0 Å². The first-order chi connectivity index (χ1) is 15.7. The van der Waals surface area contributed by atoms with Crippen LogP contribution in [0.15, 0.2) is 36.5 Å². The van der Waals surface area contributed by atoms with E-state index in [4.69, 9.17) is 9.47 Å². The van der Waals surface area contributed by atoms with Crippen molar-refractivity contribution in [2.24, 2.45) is 0 Å². The normalized spacial score (nSPS) is 16.1. The number of hydrogen-bond acceptors (Lipinski definition) is 6. The van der Waals surface area contributed by atoms with Crippen LogP contribution in [0.4, 0.5) is 19.0 Å². The average Bonchev–Trinajstić information content (AvgIpc) is 3.07. The van der Waals surface area contributed by atoms with E-state index < -0.39 is 11.7 Å². The van der Waals surface area contributed by atoms with Gasteiger partial charge in [-0.2, -0.15) is 13.2 Å². The zero-order chi connectivity index (χ0) is 24.0. The number of aromatic nitrogens is 1. The van der Waals surface area contributed by atoms with Gasteiger partial charge in [-0.3, -0.25) is 9.69 Å². The summed E-state index contributed by atoms with van der Waals surface area (Å²) in [6.07, 6.45) is -2.76. The lowest BCUT2D eigenvalue weighted by atomic mass is 10.2. The molecule has 2 aromatic rings. The molecule has 10 heteroatoms. The second kappa shape index (κ2) is 10.7. The van der Waals surface area contributed by atoms with Gasteiger partial charge in [0.2, 0.25) is 5.91 Å². The third-order valence-electron chi connectivity index (χ3n) is 5.77. The summed E-state index contributed by atoms with van der Waals surface area (Å²) in [7, 11) is 3.13. The van der Waals surface area contributed by atoms with Crippen molar-refractivity contribution in [2.45, 2.75) is 32.1 Å². The quantitative estimate of drug-likeness (QED) is 0.675. The molecule has 180 valence electrons. The van der Waals surface area contributed by atoms with Gasteiger partial charge in [0, 0.05) is 38.9 Å². The number of ether oxygens (including phenoxy) is 2. The summed E-state index contributed by atoms with van der Waals surface area (Å²) >= 11 is 0. The highest BCUT2D eigenvalue weighted by Gasteiger charge is 2.31. The van der Waals surface area contributed by atoms with Gasteiger partial charge in [0.15, 0.2) is 11.5 Å². The van der Waals surface area contributed by atoms with Crippen LogP contribution in [0.5, 0.6) is 11.5 Å². The number of rotatable bonds is 7. The maximum Gasteiger partial charge on any atom is 0.417 e. The van der Waals surface area contributed by atoms with Gasteiger partial charge < -0.3 is 19.7 Å². The van der Waals surface area contributed by atoms with Crippen LogP contribution in [0.25, 0.3) is 0 Å². The third kappa shape index (κ3) is 6.28. The van der Waals surface area contributed by atoms with Gasteiger partial charge in [0.1, 0.15) is 5.82 Å². The molecule has 1 aromatic heterocycles. The molecule has 1 aliphatic heterocycles. The Labute approximate surface area is 191 Å². The first-order valence-corrected chi connectivity index (χ1v) is 10.7. The summed E-state index contributed by atoms with van der Waals surface area (Å²) in [5.74, 6) is 1.64. The zero-order valence-corrected chi connectivity index (χ0v) is 19.0. The molecule has 3 rings (SSSR count). The minimum Gasteiger partial charge on any atom is -0.493 e. The lowest BCUT2D eigenvalue weighted by Crippen LogP contribution is -2.46. The lowest BCUT2D eigenvalue weighted by molar-refractivity contribution is -0.137. The second-order valence-corrected chi connectivity index (χ2v) is 7.86. The average molecular weight is 467 g/mol. The number of alkyl halides is 3. The lowest BCUT2D eigenvalue weighted by Gasteiger charge is -2.27. The van der Waals surface area contributed by atoms with Gasteiger partial charge in [0.05, 0.1) is 25.8 Å². The van der Waals surface area contributed by atoms with Crippen molar-refractivity contribution in [3.8, 4) is 11.5 Å². The fourth-order valence-electron chi connectivity index (χ4n) is 3.79. The zero-order valence-electron chi connectivity index (χ0n) is 19.0. The highest BCUT2D eigenvalue weighted by Crippen LogP contribution is 2.30. The van der Waals surface area contributed by atoms with E-state index in [1.165, 1.54) is 6.07 Å². The summed E-state index contributed by atoms with van der Waals surface area (Å²) < 4.78 is 48.9. The summed E-state index contributed by atoms with van der Waals surface area (Å²) in [5, 5.41) is 2.96. The monoisotopic (exact) mass is 466 g/mol. The van der Waals surface area contributed by atoms with Crippen LogP contribution >= 0.6 is 0 Å². The predicted octanol–water partition coefficient (Wildman–Crippen LogP) is 3.33. The maximum absolute atomic E-state index is 12.8. The molecule has 1 atom stereocenters. The molecule has 0 unspecified atom stereocenters. The van der Waals surface area contributed by atoms with Gasteiger partial charge in [-0.1, -0.05) is 6.07 Å². The van der Waals surface area contributed by atoms with Crippen molar-refractivity contribution in [1.82, 2.24) is 15.2 Å². The molecular formula is C23H29F3N4O3. The second-order valence-electron chi connectivity index (χ2n) is 7.86. The number of hydrogen-bond donors (Lipinski definition) is 1. The number of nitrogens with zero attached hydrogens (tertiary/aromatic N) is 3. The number of amides is 1. The van der Waals surface area contributed by atoms with Crippen molar-refractivity contribution in [3.63, 3.8) is 0 Å². The number of carbonyl (C=O) groups is 1. The van der Waals surface area contributed by atoms with Crippen LogP contribution in [-0.4, -0.2) is 62.2 Å². The number of carbonyl (C=O) groups excluding carboxylic acids is 1. The summed E-state index contributed by atoms with van der Waals surface area (Å²) in [6.45, 7) is 4.77. The largest absolute Gasteiger partial charge is 0.493 e. The van der Waals surface area contributed by atoms with E-state index in [2.05, 4.69) is 15.2 Å². The van der Waals surface area contributed by atoms with E-state index in [-0.39, 0.29) is 11.9 Å². The van der Waals surface area contributed by atoms with Gasteiger partial charge >= 0.3 is 6.18 Å². The molecule has 1 amide bonds. The van der Waals surface area contributed by atoms with Crippen molar-refractivity contribution in [3.05, 3.63) is 47.7 Å². The molecule has 1 aromatic carbocycles. The number of nitrogens with one attached hydrogen (secondary N) is 1. The Morgan fingerprint density at radius 1 is 1.09 bits per heavy atom. The van der Waals surface area contributed by atoms with Gasteiger partial charge in [0.25, 0.3) is 0 Å². The van der Waals surface area contributed by atoms with Crippen molar-refractivity contribution < 1.29 is 27.4 Å². The van der Waals surface area contributed by atoms with E-state index >= 15 is 0 Å². The van der Waals surface area contributed by atoms with Crippen molar-refractivity contribution in [1.29, 1.82) is 0 Å². The van der Waals surface area contributed by atoms with Crippen LogP contribution in [0.2, 0.25) is 0 Å². The molecule has 33 heavy (non-hydrogen) atoms. The fourth-order valence-corrected chi connectivity index (χ4v) is 3.79. The van der Waals surface area contributed by atoms with Crippen LogP contribution < -0.4 is 19.7 Å². The highest BCUT2D eigenvalue weighted by molar-refractivity contribution is 5.81. The minimum atomic E-state index is -4.40. The minimum absolute atomic E-state index is 0.0918. The standard InChI is InChI=1S/C23H29F3N4O3/c1-16(22(31)28-14-17-5-7-19(32-2)20(13-17)33-3)29-9-4-10-30(12-11-29)21-8-6-18(15-27-21)23(24,25)26/h5-8,13,15-16H,4,9-12,14H2,1-3H3,(H,28,31)/t16-/m0/s1. The van der Waals surface area contributed by atoms with Crippen molar-refractivity contribution in [2.75, 3.05) is 45.3 Å². The molecule has 7 nitrogen and oxygen atoms in total. The molecule has 0 radical (unpaired) electrons. The Hall–Kier alpha value is -3.01. The molecule has 1 aliphatic rings. The molecule has 0 spiro atoms. The number of halogens is 3. The number of benzene rings is 1. The summed E-state index contributed by atoms with van der Waals surface area (Å²) in [4.78, 5) is 20.8. The Kier molecular flexibility index (Phi) is 8.01. The van der Waals surface area contributed by atoms with Gasteiger partial charge in [-0.15, -0.1) is 0 Å². The topological polar surface area (TPSA) is 66.9 Å². The summed E-state index contributed by atoms with van der Waals surface area (Å²) in [6, 6.07) is 7.60. The Bertz CT molecular complexity index is 938. The molecule has 0 aliphatic carbocycles. The third-order valence-corrected chi connectivity index (χ3v) is 5.77.